The zero-order valence-electron chi connectivity index (χ0n) is 10.4. The van der Waals surface area contributed by atoms with Crippen LogP contribution in [0.2, 0.25) is 0 Å². The van der Waals surface area contributed by atoms with Gasteiger partial charge in [0.1, 0.15) is 0 Å². The van der Waals surface area contributed by atoms with Crippen LogP contribution < -0.4 is 10.6 Å². The predicted molar refractivity (Wildman–Crippen MR) is 65.7 cm³/mol. The van der Waals surface area contributed by atoms with Crippen LogP contribution >= 0.6 is 0 Å². The number of aliphatic hydroxyl groups is 1. The summed E-state index contributed by atoms with van der Waals surface area (Å²) >= 11 is 0. The van der Waals surface area contributed by atoms with Crippen molar-refractivity contribution in [2.75, 3.05) is 26.4 Å². The van der Waals surface area contributed by atoms with Crippen LogP contribution in [0.4, 0.5) is 0 Å². The molecule has 1 unspecified atom stereocenters. The maximum Gasteiger partial charge on any atom is 0.237 e. The molecule has 5 nitrogen and oxygen atoms in total. The van der Waals surface area contributed by atoms with E-state index in [-0.39, 0.29) is 24.1 Å². The highest BCUT2D eigenvalue weighted by Gasteiger charge is 2.34. The molecule has 98 valence electrons. The van der Waals surface area contributed by atoms with Crippen LogP contribution in [0.3, 0.4) is 0 Å². The molecule has 5 heteroatoms. The van der Waals surface area contributed by atoms with Crippen LogP contribution in [-0.2, 0) is 9.53 Å². The van der Waals surface area contributed by atoms with Gasteiger partial charge in [-0.05, 0) is 19.8 Å². The lowest BCUT2D eigenvalue weighted by Gasteiger charge is -2.38. The molecule has 17 heavy (non-hydrogen) atoms. The summed E-state index contributed by atoms with van der Waals surface area (Å²) in [7, 11) is 0. The molecular formula is C12H22N2O3. The van der Waals surface area contributed by atoms with Gasteiger partial charge in [-0.3, -0.25) is 10.1 Å². The second-order valence-electron chi connectivity index (χ2n) is 4.45. The zero-order valence-corrected chi connectivity index (χ0v) is 10.4. The first-order valence-electron chi connectivity index (χ1n) is 5.98. The van der Waals surface area contributed by atoms with E-state index in [1.807, 2.05) is 0 Å². The van der Waals surface area contributed by atoms with Gasteiger partial charge in [0.25, 0.3) is 0 Å². The first-order chi connectivity index (χ1) is 8.13. The highest BCUT2D eigenvalue weighted by molar-refractivity contribution is 5.81. The Hall–Kier alpha value is -0.910. The van der Waals surface area contributed by atoms with Crippen LogP contribution in [0.1, 0.15) is 19.8 Å². The fourth-order valence-corrected chi connectivity index (χ4v) is 1.96. The van der Waals surface area contributed by atoms with Gasteiger partial charge in [-0.1, -0.05) is 6.08 Å². The fourth-order valence-electron chi connectivity index (χ4n) is 1.96. The van der Waals surface area contributed by atoms with Crippen molar-refractivity contribution in [3.8, 4) is 0 Å². The van der Waals surface area contributed by atoms with Gasteiger partial charge in [-0.25, -0.2) is 0 Å². The minimum Gasteiger partial charge on any atom is -0.394 e. The molecule has 3 N–H and O–H groups in total. The average molecular weight is 242 g/mol. The summed E-state index contributed by atoms with van der Waals surface area (Å²) in [6, 6.07) is -0.333. The molecule has 1 amide bonds. The number of hydrogen-bond acceptors (Lipinski definition) is 4. The van der Waals surface area contributed by atoms with Gasteiger partial charge in [0.15, 0.2) is 0 Å². The first kappa shape index (κ1) is 14.2. The minimum absolute atomic E-state index is 0.0233. The molecule has 0 aromatic heterocycles. The molecule has 1 aliphatic heterocycles. The van der Waals surface area contributed by atoms with Gasteiger partial charge >= 0.3 is 0 Å². The Morgan fingerprint density at radius 2 is 2.24 bits per heavy atom. The molecule has 0 aromatic rings. The topological polar surface area (TPSA) is 70.6 Å². The number of ether oxygens (including phenoxy) is 1. The Morgan fingerprint density at radius 3 is 2.76 bits per heavy atom. The Kier molecular flexibility index (Phi) is 5.61. The largest absolute Gasteiger partial charge is 0.394 e. The van der Waals surface area contributed by atoms with Crippen LogP contribution in [0.25, 0.3) is 0 Å². The van der Waals surface area contributed by atoms with E-state index in [9.17, 15) is 9.90 Å². The summed E-state index contributed by atoms with van der Waals surface area (Å²) in [5, 5.41) is 15.4. The molecule has 0 radical (unpaired) electrons. The van der Waals surface area contributed by atoms with Crippen LogP contribution in [0.5, 0.6) is 0 Å². The summed E-state index contributed by atoms with van der Waals surface area (Å²) in [5.74, 6) is -0.0794. The summed E-state index contributed by atoms with van der Waals surface area (Å²) in [6.07, 6.45) is 3.09. The molecule has 0 spiro atoms. The SMILES string of the molecule is C=CCNC(=O)C(C)NC1(CO)CCOCC1. The molecule has 1 fully saturated rings. The molecule has 1 heterocycles. The molecular weight excluding hydrogens is 220 g/mol. The van der Waals surface area contributed by atoms with E-state index in [4.69, 9.17) is 4.74 Å². The minimum atomic E-state index is -0.386. The Bertz CT molecular complexity index is 262. The third kappa shape index (κ3) is 4.11. The smallest absolute Gasteiger partial charge is 0.237 e. The van der Waals surface area contributed by atoms with E-state index in [1.54, 1.807) is 13.0 Å². The number of hydrogen-bond donors (Lipinski definition) is 3. The second-order valence-corrected chi connectivity index (χ2v) is 4.45. The number of aliphatic hydroxyl groups excluding tert-OH is 1. The lowest BCUT2D eigenvalue weighted by molar-refractivity contribution is -0.123. The van der Waals surface area contributed by atoms with Gasteiger partial charge in [0, 0.05) is 25.3 Å². The average Bonchev–Trinajstić information content (AvgIpc) is 2.36. The second kappa shape index (κ2) is 6.74. The molecule has 0 saturated carbocycles. The van der Waals surface area contributed by atoms with Crippen LogP contribution in [0.15, 0.2) is 12.7 Å². The van der Waals surface area contributed by atoms with Gasteiger partial charge in [-0.15, -0.1) is 6.58 Å². The van der Waals surface area contributed by atoms with Crippen molar-refractivity contribution in [3.63, 3.8) is 0 Å². The quantitative estimate of drug-likeness (QED) is 0.565. The maximum absolute atomic E-state index is 11.7. The van der Waals surface area contributed by atoms with Crippen molar-refractivity contribution >= 4 is 5.91 Å². The molecule has 1 saturated heterocycles. The number of carbonyl (C=O) groups excluding carboxylic acids is 1. The predicted octanol–water partition coefficient (Wildman–Crippen LogP) is -0.192. The highest BCUT2D eigenvalue weighted by atomic mass is 16.5. The number of amides is 1. The molecule has 1 atom stereocenters. The van der Waals surface area contributed by atoms with E-state index < -0.39 is 0 Å². The van der Waals surface area contributed by atoms with Crippen molar-refractivity contribution in [1.82, 2.24) is 10.6 Å². The first-order valence-corrected chi connectivity index (χ1v) is 5.98. The van der Waals surface area contributed by atoms with Crippen molar-refractivity contribution < 1.29 is 14.6 Å². The van der Waals surface area contributed by atoms with Gasteiger partial charge in [0.2, 0.25) is 5.91 Å². The van der Waals surface area contributed by atoms with Gasteiger partial charge in [0.05, 0.1) is 12.6 Å². The summed E-state index contributed by atoms with van der Waals surface area (Å²) in [4.78, 5) is 11.7. The summed E-state index contributed by atoms with van der Waals surface area (Å²) < 4.78 is 5.27. The van der Waals surface area contributed by atoms with Crippen molar-refractivity contribution in [3.05, 3.63) is 12.7 Å². The number of rotatable bonds is 6. The third-order valence-corrected chi connectivity index (χ3v) is 3.09. The zero-order chi connectivity index (χ0) is 12.7. The van der Waals surface area contributed by atoms with Crippen molar-refractivity contribution in [1.29, 1.82) is 0 Å². The third-order valence-electron chi connectivity index (χ3n) is 3.09. The van der Waals surface area contributed by atoms with E-state index in [0.29, 0.717) is 19.8 Å². The molecule has 0 aromatic carbocycles. The van der Waals surface area contributed by atoms with E-state index in [0.717, 1.165) is 12.8 Å². The summed E-state index contributed by atoms with van der Waals surface area (Å²) in [5.41, 5.74) is -0.386. The van der Waals surface area contributed by atoms with E-state index in [2.05, 4.69) is 17.2 Å². The van der Waals surface area contributed by atoms with Crippen molar-refractivity contribution in [2.24, 2.45) is 0 Å². The van der Waals surface area contributed by atoms with Crippen LogP contribution in [0, 0.1) is 0 Å². The van der Waals surface area contributed by atoms with Crippen molar-refractivity contribution in [2.45, 2.75) is 31.3 Å². The van der Waals surface area contributed by atoms with E-state index in [1.165, 1.54) is 0 Å². The molecule has 0 bridgehead atoms. The number of nitrogens with one attached hydrogen (secondary N) is 2. The molecule has 1 aliphatic rings. The normalized spacial score (nSPS) is 20.6. The fraction of sp³-hybridized carbons (Fsp3) is 0.750. The standard InChI is InChI=1S/C12H22N2O3/c1-3-6-13-11(16)10(2)14-12(9-15)4-7-17-8-5-12/h3,10,14-15H,1,4-9H2,2H3,(H,13,16). The molecule has 1 rings (SSSR count). The monoisotopic (exact) mass is 242 g/mol. The summed E-state index contributed by atoms with van der Waals surface area (Å²) in [6.45, 7) is 7.06. The number of carbonyl (C=O) groups is 1. The lowest BCUT2D eigenvalue weighted by atomic mass is 9.90. The lowest BCUT2D eigenvalue weighted by Crippen LogP contribution is -2.58. The van der Waals surface area contributed by atoms with Gasteiger partial charge in [-0.2, -0.15) is 0 Å². The molecule has 0 aliphatic carbocycles. The Morgan fingerprint density at radius 1 is 1.59 bits per heavy atom. The Balaban J connectivity index is 2.48. The highest BCUT2D eigenvalue weighted by Crippen LogP contribution is 2.20. The van der Waals surface area contributed by atoms with E-state index >= 15 is 0 Å². The van der Waals surface area contributed by atoms with Gasteiger partial charge < -0.3 is 15.2 Å². The Labute approximate surface area is 102 Å². The maximum atomic E-state index is 11.7. The van der Waals surface area contributed by atoms with Crippen LogP contribution in [-0.4, -0.2) is 49.0 Å².